The Morgan fingerprint density at radius 1 is 1.10 bits per heavy atom. The number of ether oxygens (including phenoxy) is 2. The van der Waals surface area contributed by atoms with Crippen molar-refractivity contribution in [2.75, 3.05) is 13.7 Å². The van der Waals surface area contributed by atoms with Gasteiger partial charge in [0.2, 0.25) is 5.91 Å². The first-order chi connectivity index (χ1) is 14.7. The Hall–Kier alpha value is -3.02. The monoisotopic (exact) mass is 424 g/mol. The molecule has 1 saturated heterocycles. The van der Waals surface area contributed by atoms with E-state index in [1.807, 2.05) is 87.2 Å². The van der Waals surface area contributed by atoms with Crippen LogP contribution in [-0.4, -0.2) is 36.2 Å². The number of carbonyl (C=O) groups excluding carboxylic acids is 2. The van der Waals surface area contributed by atoms with Gasteiger partial charge in [-0.1, -0.05) is 48.5 Å². The molecule has 0 radical (unpaired) electrons. The lowest BCUT2D eigenvalue weighted by Crippen LogP contribution is -2.40. The summed E-state index contributed by atoms with van der Waals surface area (Å²) in [5.74, 6) is 0.240. The van der Waals surface area contributed by atoms with Crippen LogP contribution < -0.4 is 10.1 Å². The van der Waals surface area contributed by atoms with Crippen LogP contribution in [0.2, 0.25) is 0 Å². The maximum Gasteiger partial charge on any atom is 0.408 e. The number of hydrogen-bond acceptors (Lipinski definition) is 4. The maximum absolute atomic E-state index is 13.5. The van der Waals surface area contributed by atoms with Gasteiger partial charge in [0.05, 0.1) is 25.1 Å². The van der Waals surface area contributed by atoms with Crippen LogP contribution in [0.3, 0.4) is 0 Å². The molecular formula is C25H32N2O4. The predicted octanol–water partition coefficient (Wildman–Crippen LogP) is 4.87. The van der Waals surface area contributed by atoms with Crippen LogP contribution in [0.15, 0.2) is 54.6 Å². The Morgan fingerprint density at radius 2 is 1.74 bits per heavy atom. The van der Waals surface area contributed by atoms with Gasteiger partial charge < -0.3 is 19.7 Å². The highest BCUT2D eigenvalue weighted by atomic mass is 16.6. The summed E-state index contributed by atoms with van der Waals surface area (Å²) < 4.78 is 11.0. The van der Waals surface area contributed by atoms with Gasteiger partial charge in [-0.25, -0.2) is 4.79 Å². The molecule has 6 nitrogen and oxygen atoms in total. The van der Waals surface area contributed by atoms with E-state index in [1.54, 1.807) is 7.11 Å². The quantitative estimate of drug-likeness (QED) is 0.718. The molecule has 3 atom stereocenters. The van der Waals surface area contributed by atoms with Crippen molar-refractivity contribution in [3.05, 3.63) is 65.7 Å². The van der Waals surface area contributed by atoms with Gasteiger partial charge in [0, 0.05) is 12.1 Å². The third-order valence-corrected chi connectivity index (χ3v) is 5.58. The molecule has 1 unspecified atom stereocenters. The number of rotatable bonds is 6. The highest BCUT2D eigenvalue weighted by molar-refractivity contribution is 5.83. The fourth-order valence-electron chi connectivity index (χ4n) is 4.08. The number of likely N-dealkylation sites (tertiary alicyclic amines) is 1. The average molecular weight is 425 g/mol. The van der Waals surface area contributed by atoms with E-state index in [-0.39, 0.29) is 11.9 Å². The topological polar surface area (TPSA) is 67.9 Å². The van der Waals surface area contributed by atoms with E-state index in [4.69, 9.17) is 9.47 Å². The number of methoxy groups -OCH3 is 1. The summed E-state index contributed by atoms with van der Waals surface area (Å²) in [6, 6.07) is 16.9. The van der Waals surface area contributed by atoms with Crippen molar-refractivity contribution in [1.82, 2.24) is 10.2 Å². The summed E-state index contributed by atoms with van der Waals surface area (Å²) in [4.78, 5) is 28.0. The van der Waals surface area contributed by atoms with Gasteiger partial charge in [-0.2, -0.15) is 0 Å². The van der Waals surface area contributed by atoms with Crippen molar-refractivity contribution in [2.24, 2.45) is 5.92 Å². The molecule has 0 aliphatic carbocycles. The zero-order valence-electron chi connectivity index (χ0n) is 18.9. The standard InChI is InChI=1S/C25H32N2O4/c1-17(18-11-7-6-8-12-18)27-16-15-20(23(27)28)22(26-24(29)31-25(2,3)4)19-13-9-10-14-21(19)30-5/h6-14,17,20,22H,15-16H2,1-5H3,(H,26,29)/t17-,20-,22?/m1/s1. The van der Waals surface area contributed by atoms with Gasteiger partial charge in [0.1, 0.15) is 11.4 Å². The van der Waals surface area contributed by atoms with Crippen molar-refractivity contribution in [2.45, 2.75) is 51.8 Å². The minimum absolute atomic E-state index is 0.0170. The third kappa shape index (κ3) is 5.37. The fourth-order valence-corrected chi connectivity index (χ4v) is 4.08. The van der Waals surface area contributed by atoms with Gasteiger partial charge in [0.15, 0.2) is 0 Å². The molecule has 2 aromatic rings. The number of nitrogens with zero attached hydrogens (tertiary/aromatic N) is 1. The van der Waals surface area contributed by atoms with Crippen LogP contribution in [0, 0.1) is 5.92 Å². The largest absolute Gasteiger partial charge is 0.496 e. The zero-order valence-corrected chi connectivity index (χ0v) is 18.9. The minimum atomic E-state index is -0.636. The molecule has 1 aliphatic heterocycles. The Bertz CT molecular complexity index is 907. The van der Waals surface area contributed by atoms with Gasteiger partial charge >= 0.3 is 6.09 Å². The average Bonchev–Trinajstić information content (AvgIpc) is 3.12. The predicted molar refractivity (Wildman–Crippen MR) is 120 cm³/mol. The van der Waals surface area contributed by atoms with E-state index in [9.17, 15) is 9.59 Å². The second kappa shape index (κ2) is 9.41. The zero-order chi connectivity index (χ0) is 22.6. The molecule has 1 fully saturated rings. The lowest BCUT2D eigenvalue weighted by atomic mass is 9.91. The molecule has 0 bridgehead atoms. The molecule has 31 heavy (non-hydrogen) atoms. The fraction of sp³-hybridized carbons (Fsp3) is 0.440. The molecule has 0 aromatic heterocycles. The summed E-state index contributed by atoms with van der Waals surface area (Å²) in [7, 11) is 1.59. The minimum Gasteiger partial charge on any atom is -0.496 e. The van der Waals surface area contributed by atoms with Crippen molar-refractivity contribution in [3.63, 3.8) is 0 Å². The van der Waals surface area contributed by atoms with E-state index >= 15 is 0 Å². The number of alkyl carbamates (subject to hydrolysis) is 1. The van der Waals surface area contributed by atoms with Crippen LogP contribution in [0.5, 0.6) is 5.75 Å². The molecule has 6 heteroatoms. The van der Waals surface area contributed by atoms with Crippen LogP contribution in [-0.2, 0) is 9.53 Å². The Morgan fingerprint density at radius 3 is 2.39 bits per heavy atom. The summed E-state index contributed by atoms with van der Waals surface area (Å²) in [5, 5.41) is 2.95. The number of nitrogens with one attached hydrogen (secondary N) is 1. The van der Waals surface area contributed by atoms with Crippen LogP contribution >= 0.6 is 0 Å². The van der Waals surface area contributed by atoms with Gasteiger partial charge in [-0.15, -0.1) is 0 Å². The number of carbonyl (C=O) groups is 2. The van der Waals surface area contributed by atoms with Gasteiger partial charge in [-0.3, -0.25) is 4.79 Å². The first kappa shape index (κ1) is 22.7. The second-order valence-electron chi connectivity index (χ2n) is 8.88. The van der Waals surface area contributed by atoms with E-state index < -0.39 is 23.7 Å². The SMILES string of the molecule is COc1ccccc1C(NC(=O)OC(C)(C)C)[C@H]1CCN([C@H](C)c2ccccc2)C1=O. The normalized spacial score (nSPS) is 18.4. The van der Waals surface area contributed by atoms with Crippen molar-refractivity contribution >= 4 is 12.0 Å². The summed E-state index contributed by atoms with van der Waals surface area (Å²) >= 11 is 0. The number of amides is 2. The first-order valence-electron chi connectivity index (χ1n) is 10.7. The smallest absolute Gasteiger partial charge is 0.408 e. The summed E-state index contributed by atoms with van der Waals surface area (Å²) in [6.45, 7) is 8.11. The number of benzene rings is 2. The molecule has 1 aliphatic rings. The van der Waals surface area contributed by atoms with Crippen LogP contribution in [0.25, 0.3) is 0 Å². The molecule has 1 N–H and O–H groups in total. The number of hydrogen-bond donors (Lipinski definition) is 1. The van der Waals surface area contributed by atoms with Gasteiger partial charge in [-0.05, 0) is 45.7 Å². The first-order valence-corrected chi connectivity index (χ1v) is 10.7. The highest BCUT2D eigenvalue weighted by Crippen LogP contribution is 2.38. The summed E-state index contributed by atoms with van der Waals surface area (Å²) in [6.07, 6.45) is 0.0832. The molecule has 2 aromatic carbocycles. The second-order valence-corrected chi connectivity index (χ2v) is 8.88. The van der Waals surface area contributed by atoms with Gasteiger partial charge in [0.25, 0.3) is 0 Å². The number of para-hydroxylation sites is 1. The molecule has 0 saturated carbocycles. The lowest BCUT2D eigenvalue weighted by Gasteiger charge is -2.29. The van der Waals surface area contributed by atoms with E-state index in [1.165, 1.54) is 0 Å². The van der Waals surface area contributed by atoms with E-state index in [2.05, 4.69) is 5.32 Å². The van der Waals surface area contributed by atoms with Crippen LogP contribution in [0.1, 0.15) is 57.3 Å². The van der Waals surface area contributed by atoms with Crippen molar-refractivity contribution in [1.29, 1.82) is 0 Å². The summed E-state index contributed by atoms with van der Waals surface area (Å²) in [5.41, 5.74) is 1.22. The van der Waals surface area contributed by atoms with E-state index in [0.29, 0.717) is 18.7 Å². The highest BCUT2D eigenvalue weighted by Gasteiger charge is 2.42. The maximum atomic E-state index is 13.5. The molecule has 2 amide bonds. The van der Waals surface area contributed by atoms with Crippen molar-refractivity contribution < 1.29 is 19.1 Å². The molecule has 0 spiro atoms. The van der Waals surface area contributed by atoms with Crippen molar-refractivity contribution in [3.8, 4) is 5.75 Å². The molecular weight excluding hydrogens is 392 g/mol. The molecule has 166 valence electrons. The molecule has 3 rings (SSSR count). The van der Waals surface area contributed by atoms with Crippen LogP contribution in [0.4, 0.5) is 4.79 Å². The van der Waals surface area contributed by atoms with E-state index in [0.717, 1.165) is 11.1 Å². The lowest BCUT2D eigenvalue weighted by molar-refractivity contribution is -0.133. The third-order valence-electron chi connectivity index (χ3n) is 5.58. The Balaban J connectivity index is 1.88. The Labute approximate surface area is 184 Å². The Kier molecular flexibility index (Phi) is 6.88. The molecule has 1 heterocycles.